The number of benzene rings is 1. The second kappa shape index (κ2) is 5.59. The predicted octanol–water partition coefficient (Wildman–Crippen LogP) is 2.44. The van der Waals surface area contributed by atoms with Crippen molar-refractivity contribution in [2.75, 3.05) is 18.6 Å². The molecule has 21 heavy (non-hydrogen) atoms. The van der Waals surface area contributed by atoms with Crippen LogP contribution >= 0.6 is 0 Å². The Bertz CT molecular complexity index is 574. The summed E-state index contributed by atoms with van der Waals surface area (Å²) in [6.07, 6.45) is 1.55. The minimum absolute atomic E-state index is 0.100. The van der Waals surface area contributed by atoms with Gasteiger partial charge in [0.1, 0.15) is 17.0 Å². The molecule has 1 aromatic carbocycles. The molecule has 1 aromatic rings. The number of carbonyl (C=O) groups is 1. The van der Waals surface area contributed by atoms with E-state index < -0.39 is 16.4 Å². The van der Waals surface area contributed by atoms with Crippen LogP contribution in [0.2, 0.25) is 0 Å². The average Bonchev–Trinajstić information content (AvgIpc) is 2.91. The van der Waals surface area contributed by atoms with E-state index in [1.807, 2.05) is 0 Å². The van der Waals surface area contributed by atoms with Gasteiger partial charge in [0.25, 0.3) is 5.69 Å². The highest BCUT2D eigenvalue weighted by atomic mass is 16.6. The van der Waals surface area contributed by atoms with Crippen molar-refractivity contribution in [2.45, 2.75) is 31.7 Å². The molecule has 1 atom stereocenters. The second-order valence-electron chi connectivity index (χ2n) is 5.06. The first-order valence-corrected chi connectivity index (χ1v) is 6.79. The number of nitro benzene ring substituents is 1. The molecule has 1 aliphatic heterocycles. The van der Waals surface area contributed by atoms with Crippen LogP contribution in [0.25, 0.3) is 0 Å². The number of carboxylic acids is 1. The van der Waals surface area contributed by atoms with Gasteiger partial charge < -0.3 is 14.7 Å². The zero-order valence-electron chi connectivity index (χ0n) is 12.0. The molecule has 0 amide bonds. The van der Waals surface area contributed by atoms with Crippen LogP contribution in [0.4, 0.5) is 11.4 Å². The zero-order valence-corrected chi connectivity index (χ0v) is 12.0. The van der Waals surface area contributed by atoms with Gasteiger partial charge in [0, 0.05) is 18.7 Å². The van der Waals surface area contributed by atoms with Crippen LogP contribution in [-0.4, -0.2) is 35.2 Å². The van der Waals surface area contributed by atoms with Crippen LogP contribution < -0.4 is 9.64 Å². The van der Waals surface area contributed by atoms with Crippen molar-refractivity contribution in [1.29, 1.82) is 0 Å². The standard InChI is InChI=1S/C14H18N2O5/c1-3-14(13(17)18)7-4-8-15(14)12-9-10(21-2)5-6-11(12)16(19)20/h5-6,9H,3-4,7-8H2,1-2H3,(H,17,18). The average molecular weight is 294 g/mol. The first-order valence-electron chi connectivity index (χ1n) is 6.79. The first-order chi connectivity index (χ1) is 9.96. The highest BCUT2D eigenvalue weighted by Gasteiger charge is 2.48. The molecule has 7 nitrogen and oxygen atoms in total. The number of nitrogens with zero attached hydrogens (tertiary/aromatic N) is 2. The third-order valence-electron chi connectivity index (χ3n) is 4.14. The Morgan fingerprint density at radius 3 is 2.81 bits per heavy atom. The Kier molecular flexibility index (Phi) is 4.02. The van der Waals surface area contributed by atoms with Gasteiger partial charge in [-0.1, -0.05) is 6.92 Å². The molecule has 1 fully saturated rings. The van der Waals surface area contributed by atoms with Gasteiger partial charge in [-0.05, 0) is 25.3 Å². The van der Waals surface area contributed by atoms with Crippen molar-refractivity contribution < 1.29 is 19.6 Å². The lowest BCUT2D eigenvalue weighted by molar-refractivity contribution is -0.384. The topological polar surface area (TPSA) is 92.9 Å². The van der Waals surface area contributed by atoms with E-state index in [0.717, 1.165) is 0 Å². The molecule has 114 valence electrons. The number of aliphatic carboxylic acids is 1. The Labute approximate surface area is 122 Å². The van der Waals surface area contributed by atoms with Gasteiger partial charge in [-0.3, -0.25) is 10.1 Å². The number of hydrogen-bond acceptors (Lipinski definition) is 5. The number of methoxy groups -OCH3 is 1. The van der Waals surface area contributed by atoms with Crippen LogP contribution in [0.3, 0.4) is 0 Å². The maximum atomic E-state index is 11.7. The fourth-order valence-corrected chi connectivity index (χ4v) is 2.97. The summed E-state index contributed by atoms with van der Waals surface area (Å²) in [6, 6.07) is 4.40. The Morgan fingerprint density at radius 2 is 2.29 bits per heavy atom. The third-order valence-corrected chi connectivity index (χ3v) is 4.14. The van der Waals surface area contributed by atoms with Gasteiger partial charge in [-0.15, -0.1) is 0 Å². The number of ether oxygens (including phenoxy) is 1. The number of anilines is 1. The molecule has 1 saturated heterocycles. The summed E-state index contributed by atoms with van der Waals surface area (Å²) in [5.41, 5.74) is -0.880. The van der Waals surface area contributed by atoms with Crippen molar-refractivity contribution in [2.24, 2.45) is 0 Å². The van der Waals surface area contributed by atoms with E-state index in [1.165, 1.54) is 25.3 Å². The highest BCUT2D eigenvalue weighted by Crippen LogP contribution is 2.42. The lowest BCUT2D eigenvalue weighted by Crippen LogP contribution is -2.50. The van der Waals surface area contributed by atoms with Gasteiger partial charge in [0.2, 0.25) is 0 Å². The fourth-order valence-electron chi connectivity index (χ4n) is 2.97. The minimum atomic E-state index is -1.09. The number of carboxylic acid groups (broad SMARTS) is 1. The number of hydrogen-bond donors (Lipinski definition) is 1. The Morgan fingerprint density at radius 1 is 1.57 bits per heavy atom. The van der Waals surface area contributed by atoms with Crippen LogP contribution in [0.1, 0.15) is 26.2 Å². The summed E-state index contributed by atoms with van der Waals surface area (Å²) in [5.74, 6) is -0.475. The lowest BCUT2D eigenvalue weighted by atomic mass is 9.92. The van der Waals surface area contributed by atoms with Crippen LogP contribution in [-0.2, 0) is 4.79 Å². The largest absolute Gasteiger partial charge is 0.497 e. The molecule has 1 aliphatic rings. The van der Waals surface area contributed by atoms with Gasteiger partial charge >= 0.3 is 5.97 Å². The highest BCUT2D eigenvalue weighted by molar-refractivity contribution is 5.86. The molecule has 2 rings (SSSR count). The molecule has 0 aliphatic carbocycles. The van der Waals surface area contributed by atoms with Gasteiger partial charge in [-0.2, -0.15) is 0 Å². The summed E-state index contributed by atoms with van der Waals surface area (Å²) >= 11 is 0. The van der Waals surface area contributed by atoms with E-state index in [1.54, 1.807) is 11.8 Å². The molecule has 1 heterocycles. The van der Waals surface area contributed by atoms with E-state index in [-0.39, 0.29) is 5.69 Å². The van der Waals surface area contributed by atoms with Crippen LogP contribution in [0.15, 0.2) is 18.2 Å². The summed E-state index contributed by atoms with van der Waals surface area (Å²) in [4.78, 5) is 24.1. The summed E-state index contributed by atoms with van der Waals surface area (Å²) in [5, 5.41) is 20.8. The summed E-state index contributed by atoms with van der Waals surface area (Å²) in [7, 11) is 1.47. The van der Waals surface area contributed by atoms with Crippen molar-refractivity contribution in [3.63, 3.8) is 0 Å². The minimum Gasteiger partial charge on any atom is -0.497 e. The molecule has 0 radical (unpaired) electrons. The van der Waals surface area contributed by atoms with Crippen molar-refractivity contribution in [3.8, 4) is 5.75 Å². The lowest BCUT2D eigenvalue weighted by Gasteiger charge is -2.35. The quantitative estimate of drug-likeness (QED) is 0.662. The molecule has 0 aromatic heterocycles. The smallest absolute Gasteiger partial charge is 0.329 e. The van der Waals surface area contributed by atoms with E-state index >= 15 is 0 Å². The molecule has 0 bridgehead atoms. The van der Waals surface area contributed by atoms with E-state index in [0.29, 0.717) is 37.2 Å². The van der Waals surface area contributed by atoms with Gasteiger partial charge in [0.15, 0.2) is 0 Å². The molecular weight excluding hydrogens is 276 g/mol. The molecule has 7 heteroatoms. The normalized spacial score (nSPS) is 21.3. The van der Waals surface area contributed by atoms with Crippen molar-refractivity contribution >= 4 is 17.3 Å². The summed E-state index contributed by atoms with van der Waals surface area (Å²) in [6.45, 7) is 2.27. The number of rotatable bonds is 5. The fraction of sp³-hybridized carbons (Fsp3) is 0.500. The van der Waals surface area contributed by atoms with E-state index in [4.69, 9.17) is 4.74 Å². The molecule has 0 spiro atoms. The number of nitro groups is 1. The summed E-state index contributed by atoms with van der Waals surface area (Å²) < 4.78 is 5.11. The van der Waals surface area contributed by atoms with Crippen molar-refractivity contribution in [1.82, 2.24) is 0 Å². The third kappa shape index (κ3) is 2.39. The zero-order chi connectivity index (χ0) is 15.6. The molecule has 0 saturated carbocycles. The van der Waals surface area contributed by atoms with E-state index in [2.05, 4.69) is 0 Å². The molecule has 1 N–H and O–H groups in total. The van der Waals surface area contributed by atoms with Gasteiger partial charge in [-0.25, -0.2) is 4.79 Å². The Balaban J connectivity index is 2.58. The molecule has 1 unspecified atom stereocenters. The Hall–Kier alpha value is -2.31. The SMILES string of the molecule is CCC1(C(=O)O)CCCN1c1cc(OC)ccc1[N+](=O)[O-]. The second-order valence-corrected chi connectivity index (χ2v) is 5.06. The predicted molar refractivity (Wildman–Crippen MR) is 76.9 cm³/mol. The van der Waals surface area contributed by atoms with Crippen LogP contribution in [0.5, 0.6) is 5.75 Å². The maximum Gasteiger partial charge on any atom is 0.329 e. The first kappa shape index (κ1) is 15.1. The monoisotopic (exact) mass is 294 g/mol. The maximum absolute atomic E-state index is 11.7. The van der Waals surface area contributed by atoms with Crippen molar-refractivity contribution in [3.05, 3.63) is 28.3 Å². The van der Waals surface area contributed by atoms with Crippen LogP contribution in [0, 0.1) is 10.1 Å². The van der Waals surface area contributed by atoms with Gasteiger partial charge in [0.05, 0.1) is 12.0 Å². The van der Waals surface area contributed by atoms with E-state index in [9.17, 15) is 20.0 Å². The molecular formula is C14H18N2O5.